The lowest BCUT2D eigenvalue weighted by atomic mass is 10.2. The molecule has 100 valence electrons. The van der Waals surface area contributed by atoms with Crippen molar-refractivity contribution in [2.24, 2.45) is 0 Å². The Morgan fingerprint density at radius 2 is 2.26 bits per heavy atom. The van der Waals surface area contributed by atoms with Crippen LogP contribution in [0.5, 0.6) is 0 Å². The van der Waals surface area contributed by atoms with Gasteiger partial charge in [0.05, 0.1) is 6.54 Å². The molecule has 0 saturated carbocycles. The lowest BCUT2D eigenvalue weighted by Gasteiger charge is -2.09. The van der Waals surface area contributed by atoms with Crippen molar-refractivity contribution in [2.75, 3.05) is 5.32 Å². The molecule has 19 heavy (non-hydrogen) atoms. The van der Waals surface area contributed by atoms with Gasteiger partial charge >= 0.3 is 5.97 Å². The van der Waals surface area contributed by atoms with E-state index in [1.165, 1.54) is 6.07 Å². The molecule has 0 amide bonds. The number of aromatic carboxylic acids is 1. The molecule has 0 bridgehead atoms. The quantitative estimate of drug-likeness (QED) is 0.843. The number of nitrogens with one attached hydrogen (secondary N) is 1. The van der Waals surface area contributed by atoms with E-state index in [1.807, 2.05) is 18.4 Å². The van der Waals surface area contributed by atoms with E-state index in [-0.39, 0.29) is 5.56 Å². The molecule has 7 heteroatoms. The minimum Gasteiger partial charge on any atom is -0.478 e. The first-order valence-electron chi connectivity index (χ1n) is 5.93. The van der Waals surface area contributed by atoms with Crippen LogP contribution in [0.1, 0.15) is 28.8 Å². The second-order valence-electron chi connectivity index (χ2n) is 4.04. The van der Waals surface area contributed by atoms with Crippen molar-refractivity contribution in [3.63, 3.8) is 0 Å². The molecule has 7 nitrogen and oxygen atoms in total. The van der Waals surface area contributed by atoms with Crippen molar-refractivity contribution >= 4 is 11.8 Å². The van der Waals surface area contributed by atoms with Gasteiger partial charge in [0.25, 0.3) is 0 Å². The third-order valence-electron chi connectivity index (χ3n) is 2.72. The summed E-state index contributed by atoms with van der Waals surface area (Å²) >= 11 is 0. The summed E-state index contributed by atoms with van der Waals surface area (Å²) in [5.41, 5.74) is 0.901. The maximum absolute atomic E-state index is 11.1. The van der Waals surface area contributed by atoms with Crippen LogP contribution in [0, 0.1) is 6.92 Å². The number of aryl methyl sites for hydroxylation is 2. The monoisotopic (exact) mass is 261 g/mol. The first kappa shape index (κ1) is 13.0. The molecule has 2 N–H and O–H groups in total. The molecule has 0 aliphatic heterocycles. The second kappa shape index (κ2) is 5.47. The number of nitrogens with zero attached hydrogens (tertiary/aromatic N) is 4. The molecule has 0 unspecified atom stereocenters. The van der Waals surface area contributed by atoms with Crippen molar-refractivity contribution in [3.05, 3.63) is 35.5 Å². The van der Waals surface area contributed by atoms with Crippen LogP contribution in [0.2, 0.25) is 0 Å². The van der Waals surface area contributed by atoms with Crippen LogP contribution in [0.15, 0.2) is 18.5 Å². The van der Waals surface area contributed by atoms with Gasteiger partial charge in [0.15, 0.2) is 5.82 Å². The summed E-state index contributed by atoms with van der Waals surface area (Å²) in [5.74, 6) is 0.0762. The summed E-state index contributed by atoms with van der Waals surface area (Å²) in [5, 5.41) is 19.9. The predicted octanol–water partition coefficient (Wildman–Crippen LogP) is 1.31. The predicted molar refractivity (Wildman–Crippen MR) is 69.0 cm³/mol. The molecule has 2 aromatic rings. The summed E-state index contributed by atoms with van der Waals surface area (Å²) in [7, 11) is 0. The second-order valence-corrected chi connectivity index (χ2v) is 4.04. The van der Waals surface area contributed by atoms with Gasteiger partial charge in [0.1, 0.15) is 17.7 Å². The van der Waals surface area contributed by atoms with Crippen LogP contribution >= 0.6 is 0 Å². The SMILES string of the molecule is CCn1cnnc1CNc1nc(C)ccc1C(=O)O. The van der Waals surface area contributed by atoms with E-state index in [1.54, 1.807) is 12.4 Å². The fourth-order valence-electron chi connectivity index (χ4n) is 1.71. The Balaban J connectivity index is 2.19. The summed E-state index contributed by atoms with van der Waals surface area (Å²) in [6.07, 6.45) is 1.64. The fourth-order valence-corrected chi connectivity index (χ4v) is 1.71. The van der Waals surface area contributed by atoms with Gasteiger partial charge in [-0.3, -0.25) is 0 Å². The Morgan fingerprint density at radius 3 is 2.95 bits per heavy atom. The number of pyridine rings is 1. The molecular weight excluding hydrogens is 246 g/mol. The molecule has 0 aliphatic rings. The van der Waals surface area contributed by atoms with Crippen LogP contribution in [-0.2, 0) is 13.1 Å². The Morgan fingerprint density at radius 1 is 1.47 bits per heavy atom. The van der Waals surface area contributed by atoms with E-state index < -0.39 is 5.97 Å². The lowest BCUT2D eigenvalue weighted by molar-refractivity contribution is 0.0697. The van der Waals surface area contributed by atoms with Crippen molar-refractivity contribution in [2.45, 2.75) is 26.9 Å². The zero-order chi connectivity index (χ0) is 13.8. The first-order chi connectivity index (χ1) is 9.11. The molecule has 2 rings (SSSR count). The van der Waals surface area contributed by atoms with Crippen molar-refractivity contribution in [1.29, 1.82) is 0 Å². The van der Waals surface area contributed by atoms with E-state index in [9.17, 15) is 4.79 Å². The minimum atomic E-state index is -1.01. The average Bonchev–Trinajstić information content (AvgIpc) is 2.83. The summed E-state index contributed by atoms with van der Waals surface area (Å²) in [4.78, 5) is 15.3. The Kier molecular flexibility index (Phi) is 3.74. The number of hydrogen-bond acceptors (Lipinski definition) is 5. The number of carboxylic acids is 1. The first-order valence-corrected chi connectivity index (χ1v) is 5.93. The van der Waals surface area contributed by atoms with Crippen LogP contribution in [0.4, 0.5) is 5.82 Å². The smallest absolute Gasteiger partial charge is 0.339 e. The molecule has 0 fully saturated rings. The van der Waals surface area contributed by atoms with Gasteiger partial charge in [-0.1, -0.05) is 0 Å². The lowest BCUT2D eigenvalue weighted by Crippen LogP contribution is -2.12. The van der Waals surface area contributed by atoms with E-state index in [2.05, 4.69) is 20.5 Å². The van der Waals surface area contributed by atoms with Gasteiger partial charge < -0.3 is 15.0 Å². The molecule has 0 atom stereocenters. The highest BCUT2D eigenvalue weighted by Gasteiger charge is 2.12. The van der Waals surface area contributed by atoms with E-state index in [0.717, 1.165) is 18.1 Å². The van der Waals surface area contributed by atoms with Gasteiger partial charge in [0.2, 0.25) is 0 Å². The molecular formula is C12H15N5O2. The normalized spacial score (nSPS) is 10.4. The van der Waals surface area contributed by atoms with Gasteiger partial charge in [-0.2, -0.15) is 0 Å². The molecule has 0 aliphatic carbocycles. The third-order valence-corrected chi connectivity index (χ3v) is 2.72. The minimum absolute atomic E-state index is 0.146. The third kappa shape index (κ3) is 2.87. The summed E-state index contributed by atoms with van der Waals surface area (Å²) < 4.78 is 1.88. The van der Waals surface area contributed by atoms with Crippen LogP contribution in [0.25, 0.3) is 0 Å². The molecule has 0 radical (unpaired) electrons. The largest absolute Gasteiger partial charge is 0.478 e. The highest BCUT2D eigenvalue weighted by molar-refractivity contribution is 5.93. The van der Waals surface area contributed by atoms with Crippen LogP contribution < -0.4 is 5.32 Å². The maximum Gasteiger partial charge on any atom is 0.339 e. The zero-order valence-corrected chi connectivity index (χ0v) is 10.8. The maximum atomic E-state index is 11.1. The van der Waals surface area contributed by atoms with E-state index >= 15 is 0 Å². The molecule has 0 spiro atoms. The molecule has 2 aromatic heterocycles. The number of carbonyl (C=O) groups is 1. The molecule has 0 saturated heterocycles. The van der Waals surface area contributed by atoms with Crippen molar-refractivity contribution < 1.29 is 9.90 Å². The summed E-state index contributed by atoms with van der Waals surface area (Å²) in [6, 6.07) is 3.21. The van der Waals surface area contributed by atoms with Crippen LogP contribution in [-0.4, -0.2) is 30.8 Å². The highest BCUT2D eigenvalue weighted by atomic mass is 16.4. The van der Waals surface area contributed by atoms with Gasteiger partial charge in [0, 0.05) is 12.2 Å². The Hall–Kier alpha value is -2.44. The average molecular weight is 261 g/mol. The standard InChI is InChI=1S/C12H15N5O2/c1-3-17-7-14-16-10(17)6-13-11-9(12(18)19)5-4-8(2)15-11/h4-5,7H,3,6H2,1-2H3,(H,13,15)(H,18,19). The summed E-state index contributed by atoms with van der Waals surface area (Å²) in [6.45, 7) is 4.94. The number of rotatable bonds is 5. The van der Waals surface area contributed by atoms with Crippen molar-refractivity contribution in [3.8, 4) is 0 Å². The number of hydrogen-bond donors (Lipinski definition) is 2. The molecule has 0 aromatic carbocycles. The topological polar surface area (TPSA) is 92.9 Å². The van der Waals surface area contributed by atoms with Crippen LogP contribution in [0.3, 0.4) is 0 Å². The van der Waals surface area contributed by atoms with Gasteiger partial charge in [-0.25, -0.2) is 9.78 Å². The number of aromatic nitrogens is 4. The van der Waals surface area contributed by atoms with E-state index in [4.69, 9.17) is 5.11 Å². The fraction of sp³-hybridized carbons (Fsp3) is 0.333. The van der Waals surface area contributed by atoms with Crippen molar-refractivity contribution in [1.82, 2.24) is 19.7 Å². The zero-order valence-electron chi connectivity index (χ0n) is 10.8. The highest BCUT2D eigenvalue weighted by Crippen LogP contribution is 2.14. The Bertz CT molecular complexity index is 594. The molecule has 2 heterocycles. The van der Waals surface area contributed by atoms with Gasteiger partial charge in [-0.15, -0.1) is 10.2 Å². The van der Waals surface area contributed by atoms with E-state index in [0.29, 0.717) is 12.4 Å². The number of carboxylic acid groups (broad SMARTS) is 1. The number of anilines is 1. The Labute approximate surface area is 110 Å². The van der Waals surface area contributed by atoms with Gasteiger partial charge in [-0.05, 0) is 26.0 Å².